The van der Waals surface area contributed by atoms with Gasteiger partial charge in [0.15, 0.2) is 0 Å². The molecule has 0 saturated heterocycles. The molecule has 0 heterocycles. The lowest BCUT2D eigenvalue weighted by atomic mass is 10.1. The van der Waals surface area contributed by atoms with Gasteiger partial charge in [-0.1, -0.05) is 12.1 Å². The summed E-state index contributed by atoms with van der Waals surface area (Å²) >= 11 is 3.45. The van der Waals surface area contributed by atoms with Crippen molar-refractivity contribution in [2.24, 2.45) is 0 Å². The molecule has 3 nitrogen and oxygen atoms in total. The van der Waals surface area contributed by atoms with E-state index < -0.39 is 0 Å². The van der Waals surface area contributed by atoms with Gasteiger partial charge < -0.3 is 10.2 Å². The minimum Gasteiger partial charge on any atom is -0.350 e. The summed E-state index contributed by atoms with van der Waals surface area (Å²) in [6, 6.07) is 6.02. The molecule has 0 radical (unpaired) electrons. The van der Waals surface area contributed by atoms with Crippen LogP contribution in [0.4, 0.5) is 0 Å². The van der Waals surface area contributed by atoms with Gasteiger partial charge in [0.25, 0.3) is 5.91 Å². The number of hydrogen-bond donors (Lipinski definition) is 1. The Morgan fingerprint density at radius 3 is 2.71 bits per heavy atom. The van der Waals surface area contributed by atoms with Gasteiger partial charge in [0, 0.05) is 17.1 Å². The Labute approximate surface area is 111 Å². The second-order valence-corrected chi connectivity index (χ2v) is 5.25. The number of benzene rings is 1. The third-order valence-electron chi connectivity index (χ3n) is 2.88. The normalized spacial score (nSPS) is 12.6. The molecule has 1 unspecified atom stereocenters. The van der Waals surface area contributed by atoms with Gasteiger partial charge in [-0.2, -0.15) is 0 Å². The Bertz CT molecular complexity index is 404. The molecule has 0 aliphatic rings. The van der Waals surface area contributed by atoms with Gasteiger partial charge in [-0.25, -0.2) is 0 Å². The number of carbonyl (C=O) groups is 1. The summed E-state index contributed by atoms with van der Waals surface area (Å²) in [5, 5.41) is 2.94. The van der Waals surface area contributed by atoms with Gasteiger partial charge in [-0.15, -0.1) is 0 Å². The first kappa shape index (κ1) is 14.2. The van der Waals surface area contributed by atoms with Gasteiger partial charge in [0.05, 0.1) is 5.56 Å². The highest BCUT2D eigenvalue weighted by molar-refractivity contribution is 9.10. The lowest BCUT2D eigenvalue weighted by Crippen LogP contribution is -2.38. The fourth-order valence-corrected chi connectivity index (χ4v) is 1.79. The van der Waals surface area contributed by atoms with E-state index in [1.165, 1.54) is 0 Å². The minimum atomic E-state index is -0.0331. The molecule has 0 aliphatic carbocycles. The lowest BCUT2D eigenvalue weighted by molar-refractivity contribution is 0.0943. The predicted octanol–water partition coefficient (Wildman–Crippen LogP) is 2.44. The van der Waals surface area contributed by atoms with Crippen LogP contribution in [0.3, 0.4) is 0 Å². The van der Waals surface area contributed by atoms with Crippen molar-refractivity contribution >= 4 is 21.8 Å². The van der Waals surface area contributed by atoms with Gasteiger partial charge in [0.1, 0.15) is 0 Å². The van der Waals surface area contributed by atoms with Gasteiger partial charge in [0.2, 0.25) is 0 Å². The first-order valence-electron chi connectivity index (χ1n) is 5.63. The number of hydrogen-bond acceptors (Lipinski definition) is 2. The molecule has 0 saturated carbocycles. The highest BCUT2D eigenvalue weighted by atomic mass is 79.9. The van der Waals surface area contributed by atoms with E-state index in [4.69, 9.17) is 0 Å². The smallest absolute Gasteiger partial charge is 0.252 e. The molecule has 1 atom stereocenters. The van der Waals surface area contributed by atoms with Crippen LogP contribution in [0.25, 0.3) is 0 Å². The van der Waals surface area contributed by atoms with Crippen molar-refractivity contribution in [3.63, 3.8) is 0 Å². The monoisotopic (exact) mass is 298 g/mol. The summed E-state index contributed by atoms with van der Waals surface area (Å²) in [6.45, 7) is 4.70. The standard InChI is InChI=1S/C13H19BrN2O/c1-9-6-5-7-11(12(9)14)13(17)15-8-10(2)16(3)4/h5-7,10H,8H2,1-4H3,(H,15,17). The number of aryl methyl sites for hydroxylation is 1. The largest absolute Gasteiger partial charge is 0.350 e. The summed E-state index contributed by atoms with van der Waals surface area (Å²) in [7, 11) is 4.00. The van der Waals surface area contributed by atoms with Crippen molar-refractivity contribution in [3.8, 4) is 0 Å². The summed E-state index contributed by atoms with van der Waals surface area (Å²) < 4.78 is 0.870. The van der Waals surface area contributed by atoms with Crippen LogP contribution >= 0.6 is 15.9 Å². The molecule has 1 aromatic rings. The molecule has 0 aromatic heterocycles. The van der Waals surface area contributed by atoms with E-state index >= 15 is 0 Å². The number of rotatable bonds is 4. The molecule has 1 amide bonds. The van der Waals surface area contributed by atoms with Gasteiger partial charge >= 0.3 is 0 Å². The highest BCUT2D eigenvalue weighted by Gasteiger charge is 2.12. The molecule has 0 fully saturated rings. The molecule has 1 N–H and O–H groups in total. The summed E-state index contributed by atoms with van der Waals surface area (Å²) in [5.41, 5.74) is 1.76. The fourth-order valence-electron chi connectivity index (χ4n) is 1.34. The minimum absolute atomic E-state index is 0.0331. The second-order valence-electron chi connectivity index (χ2n) is 4.46. The molecule has 4 heteroatoms. The van der Waals surface area contributed by atoms with Crippen LogP contribution in [-0.4, -0.2) is 37.5 Å². The number of nitrogens with one attached hydrogen (secondary N) is 1. The molecule has 1 rings (SSSR count). The number of halogens is 1. The summed E-state index contributed by atoms with van der Waals surface area (Å²) in [6.07, 6.45) is 0. The first-order valence-corrected chi connectivity index (χ1v) is 6.42. The Morgan fingerprint density at radius 2 is 2.12 bits per heavy atom. The molecule has 94 valence electrons. The third-order valence-corrected chi connectivity index (χ3v) is 3.93. The number of carbonyl (C=O) groups excluding carboxylic acids is 1. The Balaban J connectivity index is 2.68. The average molecular weight is 299 g/mol. The van der Waals surface area contributed by atoms with Crippen molar-refractivity contribution in [2.75, 3.05) is 20.6 Å². The molecule has 0 spiro atoms. The second kappa shape index (κ2) is 6.17. The molecule has 1 aromatic carbocycles. The van der Waals surface area contributed by atoms with Crippen LogP contribution in [-0.2, 0) is 0 Å². The molecule has 17 heavy (non-hydrogen) atoms. The number of nitrogens with zero attached hydrogens (tertiary/aromatic N) is 1. The average Bonchev–Trinajstić information content (AvgIpc) is 2.29. The topological polar surface area (TPSA) is 32.3 Å². The van der Waals surface area contributed by atoms with Crippen molar-refractivity contribution in [1.82, 2.24) is 10.2 Å². The fraction of sp³-hybridized carbons (Fsp3) is 0.462. The van der Waals surface area contributed by atoms with Crippen LogP contribution in [0.2, 0.25) is 0 Å². The van der Waals surface area contributed by atoms with E-state index in [9.17, 15) is 4.79 Å². The van der Waals surface area contributed by atoms with E-state index in [1.54, 1.807) is 0 Å². The number of likely N-dealkylation sites (N-methyl/N-ethyl adjacent to an activating group) is 1. The quantitative estimate of drug-likeness (QED) is 0.926. The zero-order chi connectivity index (χ0) is 13.0. The van der Waals surface area contributed by atoms with Gasteiger partial charge in [-0.05, 0) is 55.5 Å². The van der Waals surface area contributed by atoms with Crippen molar-refractivity contribution in [3.05, 3.63) is 33.8 Å². The lowest BCUT2D eigenvalue weighted by Gasteiger charge is -2.20. The summed E-state index contributed by atoms with van der Waals surface area (Å²) in [5.74, 6) is -0.0331. The Kier molecular flexibility index (Phi) is 5.15. The van der Waals surface area contributed by atoms with E-state index in [1.807, 2.05) is 39.2 Å². The molecule has 0 bridgehead atoms. The Morgan fingerprint density at radius 1 is 1.47 bits per heavy atom. The molecular weight excluding hydrogens is 280 g/mol. The number of amides is 1. The van der Waals surface area contributed by atoms with Crippen LogP contribution in [0.1, 0.15) is 22.8 Å². The predicted molar refractivity (Wildman–Crippen MR) is 74.4 cm³/mol. The van der Waals surface area contributed by atoms with E-state index in [0.717, 1.165) is 10.0 Å². The Hall–Kier alpha value is -0.870. The first-order chi connectivity index (χ1) is 7.93. The van der Waals surface area contributed by atoms with E-state index in [2.05, 4.69) is 33.1 Å². The van der Waals surface area contributed by atoms with Crippen LogP contribution in [0.5, 0.6) is 0 Å². The maximum Gasteiger partial charge on any atom is 0.252 e. The molecule has 0 aliphatic heterocycles. The maximum absolute atomic E-state index is 12.0. The third kappa shape index (κ3) is 3.82. The van der Waals surface area contributed by atoms with Crippen LogP contribution in [0.15, 0.2) is 22.7 Å². The SMILES string of the molecule is Cc1cccc(C(=O)NCC(C)N(C)C)c1Br. The van der Waals surface area contributed by atoms with Crippen molar-refractivity contribution < 1.29 is 4.79 Å². The van der Waals surface area contributed by atoms with Crippen LogP contribution < -0.4 is 5.32 Å². The van der Waals surface area contributed by atoms with E-state index in [-0.39, 0.29) is 5.91 Å². The zero-order valence-corrected chi connectivity index (χ0v) is 12.3. The maximum atomic E-state index is 12.0. The van der Waals surface area contributed by atoms with Crippen molar-refractivity contribution in [2.45, 2.75) is 19.9 Å². The van der Waals surface area contributed by atoms with E-state index in [0.29, 0.717) is 18.2 Å². The molecular formula is C13H19BrN2O. The van der Waals surface area contributed by atoms with Crippen molar-refractivity contribution in [1.29, 1.82) is 0 Å². The van der Waals surface area contributed by atoms with Crippen LogP contribution in [0, 0.1) is 6.92 Å². The highest BCUT2D eigenvalue weighted by Crippen LogP contribution is 2.20. The summed E-state index contributed by atoms with van der Waals surface area (Å²) in [4.78, 5) is 14.1. The zero-order valence-electron chi connectivity index (χ0n) is 10.7. The van der Waals surface area contributed by atoms with Gasteiger partial charge in [-0.3, -0.25) is 4.79 Å².